The molecule has 2 aromatic rings. The summed E-state index contributed by atoms with van der Waals surface area (Å²) < 4.78 is 24.4. The van der Waals surface area contributed by atoms with Gasteiger partial charge in [-0.1, -0.05) is 26.0 Å². The normalized spacial score (nSPS) is 19.3. The van der Waals surface area contributed by atoms with Crippen LogP contribution in [0.15, 0.2) is 42.5 Å². The van der Waals surface area contributed by atoms with E-state index in [1.807, 2.05) is 23.1 Å². The van der Waals surface area contributed by atoms with Crippen molar-refractivity contribution in [1.82, 2.24) is 15.1 Å². The Labute approximate surface area is 212 Å². The summed E-state index contributed by atoms with van der Waals surface area (Å²) in [5.74, 6) is 1.24. The van der Waals surface area contributed by atoms with E-state index in [9.17, 15) is 14.0 Å². The molecule has 7 nitrogen and oxygen atoms in total. The molecule has 2 saturated heterocycles. The summed E-state index contributed by atoms with van der Waals surface area (Å²) in [6.07, 6.45) is 2.69. The number of hydrogen-bond donors (Lipinski definition) is 1. The van der Waals surface area contributed by atoms with Crippen LogP contribution in [-0.2, 0) is 11.2 Å². The number of nitrogens with one attached hydrogen (secondary N) is 1. The molecule has 1 spiro atoms. The first-order valence-corrected chi connectivity index (χ1v) is 12.6. The van der Waals surface area contributed by atoms with Gasteiger partial charge in [-0.2, -0.15) is 0 Å². The summed E-state index contributed by atoms with van der Waals surface area (Å²) >= 11 is 0. The molecule has 2 aliphatic heterocycles. The predicted molar refractivity (Wildman–Crippen MR) is 136 cm³/mol. The predicted octanol–water partition coefficient (Wildman–Crippen LogP) is 3.86. The number of piperidine rings is 1. The Morgan fingerprint density at radius 1 is 1.11 bits per heavy atom. The number of benzene rings is 2. The number of amides is 2. The van der Waals surface area contributed by atoms with Crippen LogP contribution in [-0.4, -0.2) is 67.2 Å². The lowest BCUT2D eigenvalue weighted by atomic mass is 9.94. The van der Waals surface area contributed by atoms with Crippen LogP contribution in [0.1, 0.15) is 49.0 Å². The van der Waals surface area contributed by atoms with Gasteiger partial charge < -0.3 is 19.3 Å². The second kappa shape index (κ2) is 10.9. The van der Waals surface area contributed by atoms with Gasteiger partial charge in [0.1, 0.15) is 5.82 Å². The number of halogens is 1. The summed E-state index contributed by atoms with van der Waals surface area (Å²) in [4.78, 5) is 30.2. The second-order valence-corrected chi connectivity index (χ2v) is 10.1. The van der Waals surface area contributed by atoms with Crippen LogP contribution >= 0.6 is 0 Å². The first-order valence-electron chi connectivity index (χ1n) is 12.6. The second-order valence-electron chi connectivity index (χ2n) is 10.1. The molecule has 1 N–H and O–H groups in total. The Bertz CT molecular complexity index is 1100. The zero-order chi connectivity index (χ0) is 25.9. The van der Waals surface area contributed by atoms with Crippen LogP contribution < -0.4 is 14.8 Å². The number of ether oxygens (including phenoxy) is 2. The smallest absolute Gasteiger partial charge is 0.253 e. The summed E-state index contributed by atoms with van der Waals surface area (Å²) in [5, 5.41) is 3.66. The number of carbonyl (C=O) groups excluding carboxylic acids is 2. The molecule has 0 unspecified atom stereocenters. The zero-order valence-electron chi connectivity index (χ0n) is 21.6. The molecule has 0 bridgehead atoms. The van der Waals surface area contributed by atoms with Crippen LogP contribution in [0.5, 0.6) is 11.5 Å². The van der Waals surface area contributed by atoms with Crippen molar-refractivity contribution >= 4 is 11.8 Å². The van der Waals surface area contributed by atoms with E-state index in [2.05, 4.69) is 19.2 Å². The van der Waals surface area contributed by atoms with E-state index in [-0.39, 0.29) is 17.9 Å². The van der Waals surface area contributed by atoms with E-state index < -0.39 is 11.5 Å². The van der Waals surface area contributed by atoms with Gasteiger partial charge in [0.2, 0.25) is 5.91 Å². The number of hydrogen-bond acceptors (Lipinski definition) is 5. The van der Waals surface area contributed by atoms with E-state index >= 15 is 0 Å². The minimum absolute atomic E-state index is 0.120. The molecule has 2 aromatic carbocycles. The summed E-state index contributed by atoms with van der Waals surface area (Å²) in [6.45, 7) is 5.80. The monoisotopic (exact) mass is 497 g/mol. The van der Waals surface area contributed by atoms with Crippen molar-refractivity contribution in [1.29, 1.82) is 0 Å². The Morgan fingerprint density at radius 2 is 1.83 bits per heavy atom. The van der Waals surface area contributed by atoms with E-state index in [4.69, 9.17) is 9.47 Å². The first-order chi connectivity index (χ1) is 17.3. The van der Waals surface area contributed by atoms with Gasteiger partial charge >= 0.3 is 0 Å². The fourth-order valence-electron chi connectivity index (χ4n) is 5.39. The molecule has 36 heavy (non-hydrogen) atoms. The molecule has 0 aliphatic carbocycles. The quantitative estimate of drug-likeness (QED) is 0.600. The largest absolute Gasteiger partial charge is 0.493 e. The summed E-state index contributed by atoms with van der Waals surface area (Å²) in [6, 6.07) is 11.4. The maximum Gasteiger partial charge on any atom is 0.253 e. The molecule has 8 heteroatoms. The standard InChI is InChI=1S/C28H36FN3O4/c1-19(2)16-23-27(34)32(13-10-20-8-9-24(35-3)25(17-20)36-4)28(30-23)11-14-31(15-12-28)26(33)21-6-5-7-22(29)18-21/h5-9,17-19,23,30H,10-16H2,1-4H3/t23-/m0/s1. The number of rotatable bonds is 8. The van der Waals surface area contributed by atoms with Crippen LogP contribution in [0.2, 0.25) is 0 Å². The highest BCUT2D eigenvalue weighted by Crippen LogP contribution is 2.35. The molecule has 194 valence electrons. The highest BCUT2D eigenvalue weighted by Gasteiger charge is 2.51. The van der Waals surface area contributed by atoms with Crippen molar-refractivity contribution in [2.75, 3.05) is 33.9 Å². The molecule has 2 aliphatic rings. The van der Waals surface area contributed by atoms with Crippen molar-refractivity contribution in [3.05, 3.63) is 59.4 Å². The third kappa shape index (κ3) is 5.33. The first kappa shape index (κ1) is 25.9. The zero-order valence-corrected chi connectivity index (χ0v) is 21.6. The molecular formula is C28H36FN3O4. The summed E-state index contributed by atoms with van der Waals surface area (Å²) in [5.41, 5.74) is 0.914. The molecule has 2 heterocycles. The Hall–Kier alpha value is -3.13. The number of carbonyl (C=O) groups is 2. The number of nitrogens with zero attached hydrogens (tertiary/aromatic N) is 2. The summed E-state index contributed by atoms with van der Waals surface area (Å²) in [7, 11) is 3.22. The van der Waals surface area contributed by atoms with Crippen molar-refractivity contribution in [3.63, 3.8) is 0 Å². The Morgan fingerprint density at radius 3 is 2.47 bits per heavy atom. The fraction of sp³-hybridized carbons (Fsp3) is 0.500. The highest BCUT2D eigenvalue weighted by atomic mass is 19.1. The van der Waals surface area contributed by atoms with Crippen molar-refractivity contribution in [2.24, 2.45) is 5.92 Å². The Kier molecular flexibility index (Phi) is 7.83. The van der Waals surface area contributed by atoms with Gasteiger partial charge in [0.25, 0.3) is 5.91 Å². The topological polar surface area (TPSA) is 71.1 Å². The molecule has 4 rings (SSSR count). The molecule has 1 atom stereocenters. The maximum atomic E-state index is 13.7. The van der Waals surface area contributed by atoms with Gasteiger partial charge in [0.15, 0.2) is 11.5 Å². The van der Waals surface area contributed by atoms with Crippen LogP contribution in [0, 0.1) is 11.7 Å². The van der Waals surface area contributed by atoms with Gasteiger partial charge in [-0.05, 0) is 54.7 Å². The van der Waals surface area contributed by atoms with Crippen molar-refractivity contribution in [3.8, 4) is 11.5 Å². The van der Waals surface area contributed by atoms with Gasteiger partial charge in [-0.15, -0.1) is 0 Å². The minimum atomic E-state index is -0.494. The lowest BCUT2D eigenvalue weighted by molar-refractivity contribution is -0.133. The van der Waals surface area contributed by atoms with E-state index in [1.54, 1.807) is 31.3 Å². The molecule has 0 radical (unpaired) electrons. The lowest BCUT2D eigenvalue weighted by Crippen LogP contribution is -2.60. The Balaban J connectivity index is 1.50. The van der Waals surface area contributed by atoms with Crippen molar-refractivity contribution in [2.45, 2.75) is 51.2 Å². The van der Waals surface area contributed by atoms with Gasteiger partial charge in [0, 0.05) is 38.0 Å². The molecule has 0 saturated carbocycles. The van der Waals surface area contributed by atoms with Crippen LogP contribution in [0.4, 0.5) is 4.39 Å². The maximum absolute atomic E-state index is 13.7. The van der Waals surface area contributed by atoms with E-state index in [0.29, 0.717) is 61.9 Å². The lowest BCUT2D eigenvalue weighted by Gasteiger charge is -2.44. The minimum Gasteiger partial charge on any atom is -0.493 e. The van der Waals surface area contributed by atoms with Crippen LogP contribution in [0.25, 0.3) is 0 Å². The number of likely N-dealkylation sites (tertiary alicyclic amines) is 1. The molecule has 0 aromatic heterocycles. The number of methoxy groups -OCH3 is 2. The molecule has 2 fully saturated rings. The third-order valence-electron chi connectivity index (χ3n) is 7.25. The van der Waals surface area contributed by atoms with E-state index in [1.165, 1.54) is 12.1 Å². The SMILES string of the molecule is COc1ccc(CCN2C(=O)[C@H](CC(C)C)NC23CCN(C(=O)c2cccc(F)c2)CC3)cc1OC. The van der Waals surface area contributed by atoms with Crippen LogP contribution in [0.3, 0.4) is 0 Å². The molecular weight excluding hydrogens is 461 g/mol. The van der Waals surface area contributed by atoms with Gasteiger partial charge in [-0.25, -0.2) is 4.39 Å². The van der Waals surface area contributed by atoms with Gasteiger partial charge in [-0.3, -0.25) is 14.9 Å². The molecule has 2 amide bonds. The third-order valence-corrected chi connectivity index (χ3v) is 7.25. The highest BCUT2D eigenvalue weighted by molar-refractivity contribution is 5.94. The van der Waals surface area contributed by atoms with E-state index in [0.717, 1.165) is 12.0 Å². The average molecular weight is 498 g/mol. The van der Waals surface area contributed by atoms with Crippen molar-refractivity contribution < 1.29 is 23.5 Å². The van der Waals surface area contributed by atoms with Gasteiger partial charge in [0.05, 0.1) is 25.9 Å². The average Bonchev–Trinajstić information content (AvgIpc) is 3.11. The fourth-order valence-corrected chi connectivity index (χ4v) is 5.39.